The number of nitrogens with zero attached hydrogens (tertiary/aromatic N) is 1. The number of hydrogen-bond donors (Lipinski definition) is 2. The summed E-state index contributed by atoms with van der Waals surface area (Å²) in [6, 6.07) is 4.75. The quantitative estimate of drug-likeness (QED) is 0.763. The molecule has 1 fully saturated rings. The zero-order valence-electron chi connectivity index (χ0n) is 17.3. The largest absolute Gasteiger partial charge is 0.375 e. The second-order valence-electron chi connectivity index (χ2n) is 9.47. The van der Waals surface area contributed by atoms with Crippen molar-refractivity contribution in [3.63, 3.8) is 0 Å². The molecule has 0 spiro atoms. The van der Waals surface area contributed by atoms with Gasteiger partial charge < -0.3 is 11.5 Å². The minimum atomic E-state index is -0.424. The van der Waals surface area contributed by atoms with Crippen LogP contribution in [0.15, 0.2) is 17.5 Å². The molecule has 1 amide bonds. The Kier molecular flexibility index (Phi) is 4.57. The normalized spacial score (nSPS) is 29.4. The number of aromatic nitrogens is 1. The third kappa shape index (κ3) is 2.78. The van der Waals surface area contributed by atoms with Gasteiger partial charge in [-0.15, -0.1) is 11.3 Å². The lowest BCUT2D eigenvalue weighted by Crippen LogP contribution is -2.54. The van der Waals surface area contributed by atoms with Crippen molar-refractivity contribution < 1.29 is 4.79 Å². The molecule has 0 aliphatic heterocycles. The van der Waals surface area contributed by atoms with Crippen molar-refractivity contribution in [3.8, 4) is 11.3 Å². The van der Waals surface area contributed by atoms with Gasteiger partial charge in [0.1, 0.15) is 0 Å². The molecule has 1 aromatic carbocycles. The maximum atomic E-state index is 12.4. The number of carbonyl (C=O) groups excluding carboxylic acids is 1. The third-order valence-electron chi connectivity index (χ3n) is 7.51. The van der Waals surface area contributed by atoms with Crippen LogP contribution < -0.4 is 11.5 Å². The Morgan fingerprint density at radius 1 is 1.29 bits per heavy atom. The molecule has 1 saturated carbocycles. The monoisotopic (exact) mass is 397 g/mol. The topological polar surface area (TPSA) is 82.0 Å². The van der Waals surface area contributed by atoms with Gasteiger partial charge in [0.05, 0.1) is 5.69 Å². The minimum absolute atomic E-state index is 0.0264. The van der Waals surface area contributed by atoms with Gasteiger partial charge in [0.15, 0.2) is 5.13 Å². The fourth-order valence-corrected chi connectivity index (χ4v) is 6.50. The summed E-state index contributed by atoms with van der Waals surface area (Å²) in [6.45, 7) is 8.91. The fraction of sp³-hybridized carbons (Fsp3) is 0.565. The Labute approximate surface area is 171 Å². The van der Waals surface area contributed by atoms with Crippen molar-refractivity contribution in [2.75, 3.05) is 5.73 Å². The molecule has 0 unspecified atom stereocenters. The smallest absolute Gasteiger partial charge is 0.223 e. The number of hydrogen-bond acceptors (Lipinski definition) is 4. The van der Waals surface area contributed by atoms with Crippen molar-refractivity contribution in [2.45, 2.75) is 71.1 Å². The summed E-state index contributed by atoms with van der Waals surface area (Å²) in [5.41, 5.74) is 17.7. The summed E-state index contributed by atoms with van der Waals surface area (Å²) in [6.07, 6.45) is 5.09. The molecule has 2 aliphatic rings. The number of nitrogens with two attached hydrogens (primary N) is 2. The van der Waals surface area contributed by atoms with Crippen LogP contribution in [0.2, 0.25) is 0 Å². The lowest BCUT2D eigenvalue weighted by atomic mass is 9.49. The van der Waals surface area contributed by atoms with Crippen LogP contribution in [-0.2, 0) is 16.6 Å². The van der Waals surface area contributed by atoms with Gasteiger partial charge in [0, 0.05) is 16.4 Å². The molecule has 4 rings (SSSR count). The highest BCUT2D eigenvalue weighted by Gasteiger charge is 2.54. The molecule has 4 N–H and O–H groups in total. The average molecular weight is 398 g/mol. The van der Waals surface area contributed by atoms with E-state index < -0.39 is 5.41 Å². The predicted molar refractivity (Wildman–Crippen MR) is 116 cm³/mol. The minimum Gasteiger partial charge on any atom is -0.375 e. The van der Waals surface area contributed by atoms with Gasteiger partial charge in [-0.2, -0.15) is 0 Å². The second-order valence-corrected chi connectivity index (χ2v) is 10.4. The van der Waals surface area contributed by atoms with Gasteiger partial charge in [-0.1, -0.05) is 40.2 Å². The molecule has 4 nitrogen and oxygen atoms in total. The number of primary amides is 1. The SMILES string of the molecule is CC(C)c1cc2c(cc1-c1csc(N)n1)[C@@]1(C)CCC[C@@](C)(C(N)=O)[C@@H]1CC2. The number of rotatable bonds is 3. The molecule has 1 heterocycles. The van der Waals surface area contributed by atoms with Crippen LogP contribution in [0.5, 0.6) is 0 Å². The van der Waals surface area contributed by atoms with Crippen LogP contribution in [0, 0.1) is 11.3 Å². The fourth-order valence-electron chi connectivity index (χ4n) is 5.94. The molecule has 0 radical (unpaired) electrons. The first-order valence-corrected chi connectivity index (χ1v) is 11.2. The van der Waals surface area contributed by atoms with E-state index >= 15 is 0 Å². The zero-order chi connectivity index (χ0) is 20.3. The van der Waals surface area contributed by atoms with Gasteiger partial charge in [-0.25, -0.2) is 4.98 Å². The number of thiazole rings is 1. The highest BCUT2D eigenvalue weighted by molar-refractivity contribution is 7.13. The van der Waals surface area contributed by atoms with E-state index in [4.69, 9.17) is 11.5 Å². The number of anilines is 1. The van der Waals surface area contributed by atoms with Crippen LogP contribution in [-0.4, -0.2) is 10.9 Å². The van der Waals surface area contributed by atoms with E-state index in [9.17, 15) is 4.79 Å². The van der Waals surface area contributed by atoms with E-state index in [1.807, 2.05) is 0 Å². The van der Waals surface area contributed by atoms with E-state index in [0.717, 1.165) is 37.8 Å². The number of benzene rings is 1. The highest BCUT2D eigenvalue weighted by atomic mass is 32.1. The number of fused-ring (bicyclic) bond motifs is 3. The van der Waals surface area contributed by atoms with E-state index in [-0.39, 0.29) is 17.2 Å². The van der Waals surface area contributed by atoms with Crippen LogP contribution >= 0.6 is 11.3 Å². The Balaban J connectivity index is 1.91. The van der Waals surface area contributed by atoms with Crippen LogP contribution in [0.25, 0.3) is 11.3 Å². The number of amides is 1. The Bertz CT molecular complexity index is 934. The Morgan fingerprint density at radius 2 is 2.04 bits per heavy atom. The number of nitrogen functional groups attached to an aromatic ring is 1. The Hall–Kier alpha value is -1.88. The molecule has 0 saturated heterocycles. The summed E-state index contributed by atoms with van der Waals surface area (Å²) < 4.78 is 0. The maximum absolute atomic E-state index is 12.4. The summed E-state index contributed by atoms with van der Waals surface area (Å²) in [5.74, 6) is 0.561. The second kappa shape index (κ2) is 6.58. The number of aryl methyl sites for hydroxylation is 1. The zero-order valence-corrected chi connectivity index (χ0v) is 18.2. The van der Waals surface area contributed by atoms with Crippen molar-refractivity contribution in [2.24, 2.45) is 17.1 Å². The lowest BCUT2D eigenvalue weighted by Gasteiger charge is -2.54. The molecule has 150 valence electrons. The van der Waals surface area contributed by atoms with Gasteiger partial charge in [0.25, 0.3) is 0 Å². The first-order chi connectivity index (χ1) is 13.2. The highest BCUT2D eigenvalue weighted by Crippen LogP contribution is 2.58. The van der Waals surface area contributed by atoms with E-state index in [2.05, 4.69) is 50.2 Å². The third-order valence-corrected chi connectivity index (χ3v) is 8.18. The van der Waals surface area contributed by atoms with Gasteiger partial charge >= 0.3 is 0 Å². The molecule has 2 aromatic rings. The average Bonchev–Trinajstić information content (AvgIpc) is 3.06. The summed E-state index contributed by atoms with van der Waals surface area (Å²) >= 11 is 1.49. The van der Waals surface area contributed by atoms with Crippen LogP contribution in [0.1, 0.15) is 76.0 Å². The summed E-state index contributed by atoms with van der Waals surface area (Å²) in [5, 5.41) is 2.66. The molecule has 0 bridgehead atoms. The standard InChI is InChI=1S/C23H31N3OS/c1-13(2)15-10-14-6-7-19-22(3,8-5-9-23(19,4)20(24)27)17(14)11-16(15)18-12-28-21(25)26-18/h10-13,19H,5-9H2,1-4H3,(H2,24,27)(H2,25,26)/t19-,22-,23-/m1/s1. The van der Waals surface area contributed by atoms with Gasteiger partial charge in [-0.3, -0.25) is 4.79 Å². The predicted octanol–water partition coefficient (Wildman–Crippen LogP) is 5.01. The van der Waals surface area contributed by atoms with Gasteiger partial charge in [-0.05, 0) is 65.7 Å². The molecule has 5 heteroatoms. The van der Waals surface area contributed by atoms with Crippen LogP contribution in [0.4, 0.5) is 5.13 Å². The van der Waals surface area contributed by atoms with E-state index in [1.165, 1.54) is 33.6 Å². The van der Waals surface area contributed by atoms with Crippen molar-refractivity contribution in [3.05, 3.63) is 34.2 Å². The first kappa shape index (κ1) is 19.4. The molecular weight excluding hydrogens is 366 g/mol. The molecular formula is C23H31N3OS. The van der Waals surface area contributed by atoms with E-state index in [0.29, 0.717) is 11.0 Å². The van der Waals surface area contributed by atoms with Gasteiger partial charge in [0.2, 0.25) is 5.91 Å². The molecule has 28 heavy (non-hydrogen) atoms. The lowest BCUT2D eigenvalue weighted by molar-refractivity contribution is -0.135. The van der Waals surface area contributed by atoms with E-state index in [1.54, 1.807) is 0 Å². The Morgan fingerprint density at radius 3 is 2.64 bits per heavy atom. The van der Waals surface area contributed by atoms with Crippen molar-refractivity contribution in [1.29, 1.82) is 0 Å². The molecule has 1 aromatic heterocycles. The number of carbonyl (C=O) groups is 1. The first-order valence-electron chi connectivity index (χ1n) is 10.4. The molecule has 2 aliphatic carbocycles. The van der Waals surface area contributed by atoms with Crippen LogP contribution in [0.3, 0.4) is 0 Å². The maximum Gasteiger partial charge on any atom is 0.223 e. The van der Waals surface area contributed by atoms with Crippen molar-refractivity contribution >= 4 is 22.4 Å². The summed E-state index contributed by atoms with van der Waals surface area (Å²) in [4.78, 5) is 17.0. The summed E-state index contributed by atoms with van der Waals surface area (Å²) in [7, 11) is 0. The molecule has 3 atom stereocenters. The van der Waals surface area contributed by atoms with Crippen molar-refractivity contribution in [1.82, 2.24) is 4.98 Å².